The summed E-state index contributed by atoms with van der Waals surface area (Å²) in [5.41, 5.74) is 3.92. The van der Waals surface area contributed by atoms with Crippen molar-refractivity contribution in [2.75, 3.05) is 25.0 Å². The molecular weight excluding hydrogens is 236 g/mol. The Labute approximate surface area is 116 Å². The van der Waals surface area contributed by atoms with Gasteiger partial charge in [-0.2, -0.15) is 0 Å². The summed E-state index contributed by atoms with van der Waals surface area (Å²) in [4.78, 5) is 14.1. The number of hydrogen-bond acceptors (Lipinski definition) is 2. The number of anilines is 1. The Hall–Kier alpha value is -1.35. The summed E-state index contributed by atoms with van der Waals surface area (Å²) in [6.07, 6.45) is 1.54. The highest BCUT2D eigenvalue weighted by atomic mass is 16.2. The lowest BCUT2D eigenvalue weighted by Gasteiger charge is -2.21. The molecule has 0 aliphatic carbocycles. The van der Waals surface area contributed by atoms with E-state index in [1.54, 1.807) is 0 Å². The Morgan fingerprint density at radius 3 is 2.74 bits per heavy atom. The zero-order valence-corrected chi connectivity index (χ0v) is 12.4. The zero-order valence-electron chi connectivity index (χ0n) is 12.4. The van der Waals surface area contributed by atoms with Crippen LogP contribution in [0.5, 0.6) is 0 Å². The predicted molar refractivity (Wildman–Crippen MR) is 79.7 cm³/mol. The van der Waals surface area contributed by atoms with E-state index in [0.29, 0.717) is 6.42 Å². The van der Waals surface area contributed by atoms with E-state index in [1.807, 2.05) is 11.9 Å². The van der Waals surface area contributed by atoms with E-state index >= 15 is 0 Å². The molecule has 0 fully saturated rings. The quantitative estimate of drug-likeness (QED) is 0.905. The molecule has 0 bridgehead atoms. The van der Waals surface area contributed by atoms with Crippen LogP contribution in [0.1, 0.15) is 38.3 Å². The molecule has 0 saturated carbocycles. The fourth-order valence-corrected chi connectivity index (χ4v) is 2.49. The molecule has 3 heteroatoms. The first kappa shape index (κ1) is 14.1. The van der Waals surface area contributed by atoms with Crippen LogP contribution in [0.15, 0.2) is 18.2 Å². The Morgan fingerprint density at radius 1 is 1.37 bits per heavy atom. The molecule has 1 aromatic carbocycles. The molecule has 1 heterocycles. The number of rotatable bonds is 3. The van der Waals surface area contributed by atoms with Crippen LogP contribution in [0.25, 0.3) is 0 Å². The average molecular weight is 260 g/mol. The van der Waals surface area contributed by atoms with Crippen molar-refractivity contribution in [1.82, 2.24) is 5.32 Å². The highest BCUT2D eigenvalue weighted by Crippen LogP contribution is 2.33. The number of amides is 1. The minimum Gasteiger partial charge on any atom is -0.319 e. The molecule has 1 aliphatic heterocycles. The second kappa shape index (κ2) is 5.33. The highest BCUT2D eigenvalue weighted by Gasteiger charge is 2.25. The third kappa shape index (κ3) is 2.98. The number of nitrogens with one attached hydrogen (secondary N) is 1. The van der Waals surface area contributed by atoms with Crippen molar-refractivity contribution >= 4 is 11.6 Å². The summed E-state index contributed by atoms with van der Waals surface area (Å²) in [5, 5.41) is 3.03. The summed E-state index contributed by atoms with van der Waals surface area (Å²) in [6, 6.07) is 6.53. The first-order chi connectivity index (χ1) is 8.93. The molecule has 1 N–H and O–H groups in total. The van der Waals surface area contributed by atoms with Crippen LogP contribution in [0, 0.1) is 0 Å². The van der Waals surface area contributed by atoms with Gasteiger partial charge < -0.3 is 10.2 Å². The monoisotopic (exact) mass is 260 g/mol. The van der Waals surface area contributed by atoms with E-state index < -0.39 is 0 Å². The van der Waals surface area contributed by atoms with Crippen LogP contribution in [0.3, 0.4) is 0 Å². The number of nitrogens with zero attached hydrogens (tertiary/aromatic N) is 1. The van der Waals surface area contributed by atoms with Gasteiger partial charge in [-0.3, -0.25) is 4.79 Å². The SMILES string of the molecule is CNCCC(=O)N1CCc2cc(C(C)(C)C)ccc21. The summed E-state index contributed by atoms with van der Waals surface area (Å²) in [7, 11) is 1.88. The van der Waals surface area contributed by atoms with Gasteiger partial charge >= 0.3 is 0 Å². The van der Waals surface area contributed by atoms with E-state index in [1.165, 1.54) is 11.1 Å². The fourth-order valence-electron chi connectivity index (χ4n) is 2.49. The first-order valence-electron chi connectivity index (χ1n) is 7.02. The number of carbonyl (C=O) groups is 1. The predicted octanol–water partition coefficient (Wildman–Crippen LogP) is 2.48. The molecule has 0 unspecified atom stereocenters. The van der Waals surface area contributed by atoms with Crippen LogP contribution < -0.4 is 10.2 Å². The van der Waals surface area contributed by atoms with Crippen LogP contribution in [0.2, 0.25) is 0 Å². The normalized spacial score (nSPS) is 14.6. The minimum atomic E-state index is 0.165. The maximum atomic E-state index is 12.1. The molecule has 104 valence electrons. The van der Waals surface area contributed by atoms with Gasteiger partial charge in [-0.25, -0.2) is 0 Å². The lowest BCUT2D eigenvalue weighted by Crippen LogP contribution is -2.31. The van der Waals surface area contributed by atoms with Crippen molar-refractivity contribution < 1.29 is 4.79 Å². The molecule has 1 amide bonds. The third-order valence-corrected chi connectivity index (χ3v) is 3.73. The molecule has 0 atom stereocenters. The molecule has 1 aliphatic rings. The Morgan fingerprint density at radius 2 is 2.11 bits per heavy atom. The topological polar surface area (TPSA) is 32.3 Å². The second-order valence-corrected chi connectivity index (χ2v) is 6.24. The average Bonchev–Trinajstić information content (AvgIpc) is 2.77. The maximum absolute atomic E-state index is 12.1. The van der Waals surface area contributed by atoms with Gasteiger partial charge in [0, 0.05) is 25.2 Å². The van der Waals surface area contributed by atoms with E-state index in [2.05, 4.69) is 44.3 Å². The van der Waals surface area contributed by atoms with Crippen molar-refractivity contribution in [1.29, 1.82) is 0 Å². The van der Waals surface area contributed by atoms with Crippen molar-refractivity contribution in [3.63, 3.8) is 0 Å². The molecule has 0 saturated heterocycles. The molecule has 3 nitrogen and oxygen atoms in total. The lowest BCUT2D eigenvalue weighted by molar-refractivity contribution is -0.118. The number of hydrogen-bond donors (Lipinski definition) is 1. The van der Waals surface area contributed by atoms with Crippen molar-refractivity contribution in [3.05, 3.63) is 29.3 Å². The van der Waals surface area contributed by atoms with Gasteiger partial charge in [0.05, 0.1) is 0 Å². The summed E-state index contributed by atoms with van der Waals surface area (Å²) < 4.78 is 0. The number of benzene rings is 1. The molecule has 0 aromatic heterocycles. The number of carbonyl (C=O) groups excluding carboxylic acids is 1. The van der Waals surface area contributed by atoms with Gasteiger partial charge in [0.15, 0.2) is 0 Å². The summed E-state index contributed by atoms with van der Waals surface area (Å²) >= 11 is 0. The Kier molecular flexibility index (Phi) is 3.95. The van der Waals surface area contributed by atoms with Crippen LogP contribution in [-0.4, -0.2) is 26.0 Å². The minimum absolute atomic E-state index is 0.165. The molecule has 1 aromatic rings. The lowest BCUT2D eigenvalue weighted by atomic mass is 9.86. The fraction of sp³-hybridized carbons (Fsp3) is 0.562. The van der Waals surface area contributed by atoms with Crippen molar-refractivity contribution in [3.8, 4) is 0 Å². The van der Waals surface area contributed by atoms with Gasteiger partial charge in [0.2, 0.25) is 5.91 Å². The smallest absolute Gasteiger partial charge is 0.228 e. The Bertz CT molecular complexity index is 474. The number of fused-ring (bicyclic) bond motifs is 1. The van der Waals surface area contributed by atoms with Crippen LogP contribution in [0.4, 0.5) is 5.69 Å². The van der Waals surface area contributed by atoms with E-state index in [4.69, 9.17) is 0 Å². The van der Waals surface area contributed by atoms with E-state index in [0.717, 1.165) is 25.2 Å². The zero-order chi connectivity index (χ0) is 14.0. The highest BCUT2D eigenvalue weighted by molar-refractivity contribution is 5.95. The summed E-state index contributed by atoms with van der Waals surface area (Å²) in [5.74, 6) is 0.219. The van der Waals surface area contributed by atoms with Crippen molar-refractivity contribution in [2.24, 2.45) is 0 Å². The molecule has 0 radical (unpaired) electrons. The largest absolute Gasteiger partial charge is 0.319 e. The third-order valence-electron chi connectivity index (χ3n) is 3.73. The van der Waals surface area contributed by atoms with Gasteiger partial charge in [-0.1, -0.05) is 32.9 Å². The molecule has 2 rings (SSSR count). The second-order valence-electron chi connectivity index (χ2n) is 6.24. The first-order valence-corrected chi connectivity index (χ1v) is 7.02. The van der Waals surface area contributed by atoms with Gasteiger partial charge in [-0.15, -0.1) is 0 Å². The Balaban J connectivity index is 2.20. The maximum Gasteiger partial charge on any atom is 0.228 e. The van der Waals surface area contributed by atoms with Gasteiger partial charge in [0.1, 0.15) is 0 Å². The van der Waals surface area contributed by atoms with Gasteiger partial charge in [-0.05, 0) is 36.1 Å². The molecule has 0 spiro atoms. The van der Waals surface area contributed by atoms with Crippen molar-refractivity contribution in [2.45, 2.75) is 39.0 Å². The van der Waals surface area contributed by atoms with E-state index in [-0.39, 0.29) is 11.3 Å². The van der Waals surface area contributed by atoms with Crippen LogP contribution >= 0.6 is 0 Å². The van der Waals surface area contributed by atoms with Crippen LogP contribution in [-0.2, 0) is 16.6 Å². The van der Waals surface area contributed by atoms with Gasteiger partial charge in [0.25, 0.3) is 0 Å². The molecular formula is C16H24N2O. The summed E-state index contributed by atoms with van der Waals surface area (Å²) in [6.45, 7) is 8.23. The van der Waals surface area contributed by atoms with E-state index in [9.17, 15) is 4.79 Å². The molecule has 19 heavy (non-hydrogen) atoms. The standard InChI is InChI=1S/C16H24N2O/c1-16(2,3)13-5-6-14-12(11-13)8-10-18(14)15(19)7-9-17-4/h5-6,11,17H,7-10H2,1-4H3.